The van der Waals surface area contributed by atoms with Crippen molar-refractivity contribution in [2.75, 3.05) is 0 Å². The van der Waals surface area contributed by atoms with Crippen LogP contribution in [0.2, 0.25) is 0 Å². The molecule has 18 heavy (non-hydrogen) atoms. The maximum absolute atomic E-state index is 11.3. The van der Waals surface area contributed by atoms with Crippen LogP contribution >= 0.6 is 11.3 Å². The minimum Gasteiger partial charge on any atom is -0.481 e. The molecule has 1 aliphatic carbocycles. The molecule has 0 aliphatic heterocycles. The SMILES string of the molecule is CCc1ccc(CC2CC(C)CCC2C(=O)O)s1. The van der Waals surface area contributed by atoms with E-state index >= 15 is 0 Å². The Morgan fingerprint density at radius 1 is 1.39 bits per heavy atom. The van der Waals surface area contributed by atoms with Gasteiger partial charge in [-0.3, -0.25) is 4.79 Å². The summed E-state index contributed by atoms with van der Waals surface area (Å²) in [6.45, 7) is 4.41. The number of carboxylic acids is 1. The predicted octanol–water partition coefficient (Wildman–Crippen LogP) is 3.99. The van der Waals surface area contributed by atoms with Crippen LogP contribution in [-0.4, -0.2) is 11.1 Å². The van der Waals surface area contributed by atoms with Crippen molar-refractivity contribution in [1.29, 1.82) is 0 Å². The van der Waals surface area contributed by atoms with Gasteiger partial charge < -0.3 is 5.11 Å². The Hall–Kier alpha value is -0.830. The Balaban J connectivity index is 2.06. The van der Waals surface area contributed by atoms with E-state index in [1.165, 1.54) is 9.75 Å². The molecular weight excluding hydrogens is 244 g/mol. The van der Waals surface area contributed by atoms with E-state index in [4.69, 9.17) is 0 Å². The summed E-state index contributed by atoms with van der Waals surface area (Å²) in [4.78, 5) is 14.1. The van der Waals surface area contributed by atoms with Crippen LogP contribution in [0.4, 0.5) is 0 Å². The number of aliphatic carboxylic acids is 1. The van der Waals surface area contributed by atoms with Crippen molar-refractivity contribution in [3.63, 3.8) is 0 Å². The fraction of sp³-hybridized carbons (Fsp3) is 0.667. The molecule has 3 atom stereocenters. The maximum atomic E-state index is 11.3. The van der Waals surface area contributed by atoms with E-state index in [9.17, 15) is 9.90 Å². The summed E-state index contributed by atoms with van der Waals surface area (Å²) in [7, 11) is 0. The molecular formula is C15H22O2S. The first-order chi connectivity index (χ1) is 8.60. The third kappa shape index (κ3) is 3.14. The van der Waals surface area contributed by atoms with Gasteiger partial charge in [0.25, 0.3) is 0 Å². The quantitative estimate of drug-likeness (QED) is 0.894. The Kier molecular flexibility index (Phi) is 4.44. The summed E-state index contributed by atoms with van der Waals surface area (Å²) in [5, 5.41) is 9.33. The van der Waals surface area contributed by atoms with E-state index in [0.29, 0.717) is 11.8 Å². The normalized spacial score (nSPS) is 28.2. The summed E-state index contributed by atoms with van der Waals surface area (Å²) < 4.78 is 0. The summed E-state index contributed by atoms with van der Waals surface area (Å²) in [5.41, 5.74) is 0. The number of rotatable bonds is 4. The zero-order valence-corrected chi connectivity index (χ0v) is 12.0. The number of hydrogen-bond donors (Lipinski definition) is 1. The van der Waals surface area contributed by atoms with Gasteiger partial charge in [0.1, 0.15) is 0 Å². The molecule has 1 heterocycles. The molecule has 0 bridgehead atoms. The van der Waals surface area contributed by atoms with Crippen LogP contribution in [0.5, 0.6) is 0 Å². The van der Waals surface area contributed by atoms with Crippen LogP contribution in [0.1, 0.15) is 42.9 Å². The van der Waals surface area contributed by atoms with Crippen LogP contribution < -0.4 is 0 Å². The average molecular weight is 266 g/mol. The molecule has 1 aromatic rings. The highest BCUT2D eigenvalue weighted by Gasteiger charge is 2.33. The molecule has 2 nitrogen and oxygen atoms in total. The second kappa shape index (κ2) is 5.87. The van der Waals surface area contributed by atoms with Crippen LogP contribution in [0, 0.1) is 17.8 Å². The lowest BCUT2D eigenvalue weighted by molar-refractivity contribution is -0.145. The molecule has 1 N–H and O–H groups in total. The van der Waals surface area contributed by atoms with Gasteiger partial charge in [-0.15, -0.1) is 11.3 Å². The summed E-state index contributed by atoms with van der Waals surface area (Å²) in [5.74, 6) is 0.276. The summed E-state index contributed by atoms with van der Waals surface area (Å²) in [6, 6.07) is 4.36. The van der Waals surface area contributed by atoms with Crippen molar-refractivity contribution < 1.29 is 9.90 Å². The van der Waals surface area contributed by atoms with Crippen LogP contribution in [0.25, 0.3) is 0 Å². The molecule has 0 aromatic carbocycles. The van der Waals surface area contributed by atoms with Crippen molar-refractivity contribution in [2.45, 2.75) is 46.0 Å². The molecule has 3 heteroatoms. The van der Waals surface area contributed by atoms with Gasteiger partial charge in [-0.25, -0.2) is 0 Å². The van der Waals surface area contributed by atoms with E-state index in [1.807, 2.05) is 11.3 Å². The zero-order chi connectivity index (χ0) is 13.1. The molecule has 2 rings (SSSR count). The fourth-order valence-electron chi connectivity index (χ4n) is 3.03. The number of aryl methyl sites for hydroxylation is 1. The van der Waals surface area contributed by atoms with E-state index in [0.717, 1.165) is 32.1 Å². The lowest BCUT2D eigenvalue weighted by atomic mass is 9.73. The molecule has 1 aliphatic rings. The monoisotopic (exact) mass is 266 g/mol. The van der Waals surface area contributed by atoms with Crippen molar-refractivity contribution in [2.24, 2.45) is 17.8 Å². The van der Waals surface area contributed by atoms with E-state index in [2.05, 4.69) is 26.0 Å². The standard InChI is InChI=1S/C15H22O2S/c1-3-12-5-6-13(18-12)9-11-8-10(2)4-7-14(11)15(16)17/h5-6,10-11,14H,3-4,7-9H2,1-2H3,(H,16,17). The predicted molar refractivity (Wildman–Crippen MR) is 75.0 cm³/mol. The largest absolute Gasteiger partial charge is 0.481 e. The smallest absolute Gasteiger partial charge is 0.306 e. The highest BCUT2D eigenvalue weighted by atomic mass is 32.1. The second-order valence-corrected chi connectivity index (χ2v) is 6.80. The number of carbonyl (C=O) groups is 1. The Labute approximate surface area is 113 Å². The third-order valence-corrected chi connectivity index (χ3v) is 5.34. The van der Waals surface area contributed by atoms with Gasteiger partial charge in [0.15, 0.2) is 0 Å². The molecule has 100 valence electrons. The molecule has 3 unspecified atom stereocenters. The van der Waals surface area contributed by atoms with Gasteiger partial charge in [-0.1, -0.05) is 13.8 Å². The minimum absolute atomic E-state index is 0.131. The van der Waals surface area contributed by atoms with Gasteiger partial charge >= 0.3 is 5.97 Å². The van der Waals surface area contributed by atoms with E-state index in [1.54, 1.807) is 0 Å². The first-order valence-corrected chi connectivity index (χ1v) is 7.72. The highest BCUT2D eigenvalue weighted by molar-refractivity contribution is 7.11. The fourth-order valence-corrected chi connectivity index (χ4v) is 4.08. The molecule has 0 amide bonds. The Bertz CT molecular complexity index is 410. The van der Waals surface area contributed by atoms with E-state index in [-0.39, 0.29) is 5.92 Å². The summed E-state index contributed by atoms with van der Waals surface area (Å²) in [6.07, 6.45) is 5.02. The van der Waals surface area contributed by atoms with Gasteiger partial charge in [0.05, 0.1) is 5.92 Å². The zero-order valence-electron chi connectivity index (χ0n) is 11.2. The third-order valence-electron chi connectivity index (χ3n) is 4.09. The van der Waals surface area contributed by atoms with Crippen molar-refractivity contribution in [3.8, 4) is 0 Å². The van der Waals surface area contributed by atoms with Gasteiger partial charge in [-0.2, -0.15) is 0 Å². The highest BCUT2D eigenvalue weighted by Crippen LogP contribution is 2.37. The van der Waals surface area contributed by atoms with Gasteiger partial charge in [0, 0.05) is 9.75 Å². The second-order valence-electron chi connectivity index (χ2n) is 5.55. The Morgan fingerprint density at radius 3 is 2.72 bits per heavy atom. The molecule has 1 saturated carbocycles. The number of hydrogen-bond acceptors (Lipinski definition) is 2. The maximum Gasteiger partial charge on any atom is 0.306 e. The lowest BCUT2D eigenvalue weighted by Gasteiger charge is -2.32. The van der Waals surface area contributed by atoms with Gasteiger partial charge in [-0.05, 0) is 56.1 Å². The van der Waals surface area contributed by atoms with Crippen LogP contribution in [0.15, 0.2) is 12.1 Å². The Morgan fingerprint density at radius 2 is 2.11 bits per heavy atom. The van der Waals surface area contributed by atoms with Crippen molar-refractivity contribution in [1.82, 2.24) is 0 Å². The minimum atomic E-state index is -0.598. The van der Waals surface area contributed by atoms with Crippen molar-refractivity contribution in [3.05, 3.63) is 21.9 Å². The van der Waals surface area contributed by atoms with E-state index < -0.39 is 5.97 Å². The first-order valence-electron chi connectivity index (χ1n) is 6.90. The number of thiophene rings is 1. The molecule has 1 aromatic heterocycles. The number of carboxylic acid groups (broad SMARTS) is 1. The van der Waals surface area contributed by atoms with Crippen molar-refractivity contribution >= 4 is 17.3 Å². The van der Waals surface area contributed by atoms with Gasteiger partial charge in [0.2, 0.25) is 0 Å². The van der Waals surface area contributed by atoms with Crippen LogP contribution in [0.3, 0.4) is 0 Å². The van der Waals surface area contributed by atoms with Crippen LogP contribution in [-0.2, 0) is 17.6 Å². The first kappa shape index (κ1) is 13.6. The lowest BCUT2D eigenvalue weighted by Crippen LogP contribution is -2.31. The summed E-state index contributed by atoms with van der Waals surface area (Å²) >= 11 is 1.85. The topological polar surface area (TPSA) is 37.3 Å². The molecule has 0 saturated heterocycles. The average Bonchev–Trinajstić information content (AvgIpc) is 2.76. The molecule has 0 radical (unpaired) electrons. The molecule has 0 spiro atoms. The molecule has 1 fully saturated rings.